The normalized spacial score (nSPS) is 24.9. The van der Waals surface area contributed by atoms with Crippen LogP contribution in [0.3, 0.4) is 0 Å². The van der Waals surface area contributed by atoms with E-state index in [0.29, 0.717) is 19.5 Å². The Morgan fingerprint density at radius 3 is 2.26 bits per heavy atom. The predicted octanol–water partition coefficient (Wildman–Crippen LogP) is 1.23. The summed E-state index contributed by atoms with van der Waals surface area (Å²) in [5.41, 5.74) is 3.79. The van der Waals surface area contributed by atoms with E-state index in [1.54, 1.807) is 0 Å². The number of quaternary nitrogens is 1. The van der Waals surface area contributed by atoms with Gasteiger partial charge in [0.05, 0.1) is 18.9 Å². The highest BCUT2D eigenvalue weighted by Crippen LogP contribution is 2.34. The van der Waals surface area contributed by atoms with E-state index < -0.39 is 0 Å². The lowest BCUT2D eigenvalue weighted by atomic mass is 9.85. The minimum Gasteiger partial charge on any atom is -0.316 e. The van der Waals surface area contributed by atoms with Gasteiger partial charge in [0.25, 0.3) is 0 Å². The van der Waals surface area contributed by atoms with Crippen molar-refractivity contribution in [3.05, 3.63) is 47.0 Å². The van der Waals surface area contributed by atoms with Crippen LogP contribution in [0.25, 0.3) is 0 Å². The molecule has 3 atom stereocenters. The van der Waals surface area contributed by atoms with Gasteiger partial charge in [-0.2, -0.15) is 0 Å². The highest BCUT2D eigenvalue weighted by atomic mass is 16.2. The molecule has 1 aliphatic carbocycles. The Kier molecular flexibility index (Phi) is 4.35. The molecule has 2 aliphatic rings. The summed E-state index contributed by atoms with van der Waals surface area (Å²) in [6.45, 7) is 5.47. The van der Waals surface area contributed by atoms with Gasteiger partial charge >= 0.3 is 0 Å². The zero-order chi connectivity index (χ0) is 16.6. The second-order valence-corrected chi connectivity index (χ2v) is 6.98. The molecule has 23 heavy (non-hydrogen) atoms. The number of rotatable bonds is 4. The number of hydrogen-bond acceptors (Lipinski definition) is 2. The molecule has 1 fully saturated rings. The average Bonchev–Trinajstić information content (AvgIpc) is 2.76. The number of benzene rings is 1. The summed E-state index contributed by atoms with van der Waals surface area (Å²) in [6, 6.07) is 6.43. The highest BCUT2D eigenvalue weighted by Gasteiger charge is 2.48. The molecule has 1 aromatic rings. The SMILES string of the molecule is Cc1ccc(C[NH+](C)CN2C(=O)[C@H]3CC=CC[C@@H]3C2=O)c(C)c1. The summed E-state index contributed by atoms with van der Waals surface area (Å²) in [6.07, 6.45) is 5.48. The number of fused-ring (bicyclic) bond motifs is 1. The van der Waals surface area contributed by atoms with E-state index in [0.717, 1.165) is 11.4 Å². The van der Waals surface area contributed by atoms with Crippen LogP contribution < -0.4 is 4.90 Å². The van der Waals surface area contributed by atoms with Crippen LogP contribution >= 0.6 is 0 Å². The second kappa shape index (κ2) is 6.28. The van der Waals surface area contributed by atoms with E-state index in [9.17, 15) is 9.59 Å². The minimum atomic E-state index is -0.124. The fourth-order valence-electron chi connectivity index (χ4n) is 3.72. The molecule has 3 rings (SSSR count). The van der Waals surface area contributed by atoms with Gasteiger partial charge in [-0.15, -0.1) is 0 Å². The number of allylic oxidation sites excluding steroid dienone is 2. The van der Waals surface area contributed by atoms with Crippen LogP contribution in [0.2, 0.25) is 0 Å². The zero-order valence-electron chi connectivity index (χ0n) is 14.1. The molecular formula is C19H25N2O2+. The Bertz CT molecular complexity index is 639. The molecule has 1 saturated heterocycles. The number of nitrogens with one attached hydrogen (secondary N) is 1. The molecular weight excluding hydrogens is 288 g/mol. The van der Waals surface area contributed by atoms with Crippen molar-refractivity contribution in [2.75, 3.05) is 13.7 Å². The summed E-state index contributed by atoms with van der Waals surface area (Å²) in [5, 5.41) is 0. The van der Waals surface area contributed by atoms with Gasteiger partial charge in [0.2, 0.25) is 11.8 Å². The third-order valence-corrected chi connectivity index (χ3v) is 5.02. The van der Waals surface area contributed by atoms with Crippen molar-refractivity contribution in [2.45, 2.75) is 33.2 Å². The van der Waals surface area contributed by atoms with Crippen LogP contribution in [0.4, 0.5) is 0 Å². The fourth-order valence-corrected chi connectivity index (χ4v) is 3.72. The van der Waals surface area contributed by atoms with E-state index in [-0.39, 0.29) is 23.7 Å². The number of aryl methyl sites for hydroxylation is 2. The molecule has 1 heterocycles. The van der Waals surface area contributed by atoms with Gasteiger partial charge in [0.1, 0.15) is 6.54 Å². The second-order valence-electron chi connectivity index (χ2n) is 6.98. The quantitative estimate of drug-likeness (QED) is 0.671. The molecule has 1 aromatic carbocycles. The lowest BCUT2D eigenvalue weighted by Gasteiger charge is -2.21. The van der Waals surface area contributed by atoms with E-state index >= 15 is 0 Å². The Labute approximate surface area is 137 Å². The van der Waals surface area contributed by atoms with E-state index in [1.807, 2.05) is 19.2 Å². The number of hydrogen-bond donors (Lipinski definition) is 1. The first kappa shape index (κ1) is 15.9. The fraction of sp³-hybridized carbons (Fsp3) is 0.474. The van der Waals surface area contributed by atoms with Gasteiger partial charge in [-0.3, -0.25) is 9.59 Å². The van der Waals surface area contributed by atoms with E-state index in [1.165, 1.54) is 21.6 Å². The maximum Gasteiger partial charge on any atom is 0.237 e. The number of nitrogens with zero attached hydrogens (tertiary/aromatic N) is 1. The Balaban J connectivity index is 1.67. The largest absolute Gasteiger partial charge is 0.316 e. The molecule has 1 aliphatic heterocycles. The lowest BCUT2D eigenvalue weighted by molar-refractivity contribution is -0.901. The van der Waals surface area contributed by atoms with Gasteiger partial charge in [0, 0.05) is 5.56 Å². The van der Waals surface area contributed by atoms with Crippen LogP contribution in [0, 0.1) is 25.7 Å². The average molecular weight is 313 g/mol. The maximum absolute atomic E-state index is 12.5. The standard InChI is InChI=1S/C19H24N2O2/c1-13-8-9-15(14(2)10-13)11-20(3)12-21-18(22)16-6-4-5-7-17(16)19(21)23/h4-5,8-10,16-17H,6-7,11-12H2,1-3H3/p+1/t16-,17-/m0/s1. The summed E-state index contributed by atoms with van der Waals surface area (Å²) in [5.74, 6) is -0.212. The van der Waals surface area contributed by atoms with Gasteiger partial charge in [-0.25, -0.2) is 4.90 Å². The third kappa shape index (κ3) is 3.08. The van der Waals surface area contributed by atoms with Crippen LogP contribution in [-0.2, 0) is 16.1 Å². The topological polar surface area (TPSA) is 41.8 Å². The Morgan fingerprint density at radius 2 is 1.70 bits per heavy atom. The van der Waals surface area contributed by atoms with Gasteiger partial charge in [-0.05, 0) is 32.3 Å². The van der Waals surface area contributed by atoms with Crippen molar-refractivity contribution in [3.8, 4) is 0 Å². The predicted molar refractivity (Wildman–Crippen MR) is 88.6 cm³/mol. The van der Waals surface area contributed by atoms with Crippen molar-refractivity contribution in [3.63, 3.8) is 0 Å². The molecule has 1 unspecified atom stereocenters. The molecule has 0 bridgehead atoms. The minimum absolute atomic E-state index is 0.0179. The number of likely N-dealkylation sites (tertiary alicyclic amines) is 1. The molecule has 0 spiro atoms. The number of carbonyl (C=O) groups excluding carboxylic acids is 2. The molecule has 0 saturated carbocycles. The van der Waals surface area contributed by atoms with Crippen LogP contribution in [0.5, 0.6) is 0 Å². The molecule has 0 aromatic heterocycles. The van der Waals surface area contributed by atoms with Crippen molar-refractivity contribution >= 4 is 11.8 Å². The third-order valence-electron chi connectivity index (χ3n) is 5.02. The summed E-state index contributed by atoms with van der Waals surface area (Å²) in [4.78, 5) is 27.7. The van der Waals surface area contributed by atoms with Crippen LogP contribution in [0.1, 0.15) is 29.5 Å². The first-order valence-corrected chi connectivity index (χ1v) is 8.35. The van der Waals surface area contributed by atoms with Crippen molar-refractivity contribution in [2.24, 2.45) is 11.8 Å². The molecule has 4 nitrogen and oxygen atoms in total. The molecule has 2 amide bonds. The Hall–Kier alpha value is -1.94. The van der Waals surface area contributed by atoms with Crippen molar-refractivity contribution in [1.29, 1.82) is 0 Å². The summed E-state index contributed by atoms with van der Waals surface area (Å²) in [7, 11) is 2.04. The van der Waals surface area contributed by atoms with Gasteiger partial charge in [-0.1, -0.05) is 35.9 Å². The van der Waals surface area contributed by atoms with Crippen molar-refractivity contribution in [1.82, 2.24) is 4.90 Å². The van der Waals surface area contributed by atoms with Gasteiger partial charge in [0.15, 0.2) is 6.67 Å². The lowest BCUT2D eigenvalue weighted by Crippen LogP contribution is -3.09. The van der Waals surface area contributed by atoms with E-state index in [4.69, 9.17) is 0 Å². The summed E-state index contributed by atoms with van der Waals surface area (Å²) >= 11 is 0. The molecule has 122 valence electrons. The molecule has 4 heteroatoms. The smallest absolute Gasteiger partial charge is 0.237 e. The zero-order valence-corrected chi connectivity index (χ0v) is 14.1. The van der Waals surface area contributed by atoms with Crippen LogP contribution in [-0.4, -0.2) is 30.4 Å². The highest BCUT2D eigenvalue weighted by molar-refractivity contribution is 6.05. The van der Waals surface area contributed by atoms with Crippen LogP contribution in [0.15, 0.2) is 30.4 Å². The van der Waals surface area contributed by atoms with Crippen molar-refractivity contribution < 1.29 is 14.5 Å². The number of amides is 2. The van der Waals surface area contributed by atoms with E-state index in [2.05, 4.69) is 32.0 Å². The number of carbonyl (C=O) groups is 2. The first-order chi connectivity index (χ1) is 11.0. The Morgan fingerprint density at radius 1 is 1.09 bits per heavy atom. The molecule has 0 radical (unpaired) electrons. The number of imide groups is 1. The maximum atomic E-state index is 12.5. The summed E-state index contributed by atoms with van der Waals surface area (Å²) < 4.78 is 0. The first-order valence-electron chi connectivity index (χ1n) is 8.35. The molecule has 1 N–H and O–H groups in total. The monoisotopic (exact) mass is 313 g/mol. The van der Waals surface area contributed by atoms with Gasteiger partial charge < -0.3 is 4.90 Å².